The number of aliphatic imine (C=N–C) groups is 1. The van der Waals surface area contributed by atoms with Gasteiger partial charge in [0, 0.05) is 22.9 Å². The molecule has 1 amide bonds. The molecule has 0 spiro atoms. The lowest BCUT2D eigenvalue weighted by Gasteiger charge is -2.21. The summed E-state index contributed by atoms with van der Waals surface area (Å²) in [4.78, 5) is 19.3. The number of hydrogen-bond donors (Lipinski definition) is 0. The summed E-state index contributed by atoms with van der Waals surface area (Å²) in [5.74, 6) is 0.189. The molecule has 6 heteroatoms. The van der Waals surface area contributed by atoms with Crippen LogP contribution in [0.3, 0.4) is 0 Å². The predicted molar refractivity (Wildman–Crippen MR) is 103 cm³/mol. The quantitative estimate of drug-likeness (QED) is 0.718. The van der Waals surface area contributed by atoms with E-state index in [0.717, 1.165) is 37.5 Å². The molecule has 2 rings (SSSR count). The van der Waals surface area contributed by atoms with E-state index in [4.69, 9.17) is 16.3 Å². The lowest BCUT2D eigenvalue weighted by atomic mass is 10.1. The number of hydrogen-bond acceptors (Lipinski definition) is 3. The molecular formula is C18H25ClN2O2S. The minimum Gasteiger partial charge on any atom is -0.496 e. The highest BCUT2D eigenvalue weighted by Gasteiger charge is 2.37. The van der Waals surface area contributed by atoms with E-state index < -0.39 is 0 Å². The number of carbonyl (C=O) groups is 1. The van der Waals surface area contributed by atoms with Crippen LogP contribution in [-0.4, -0.2) is 40.9 Å². The topological polar surface area (TPSA) is 41.9 Å². The van der Waals surface area contributed by atoms with Crippen molar-refractivity contribution in [2.45, 2.75) is 44.8 Å². The van der Waals surface area contributed by atoms with Crippen molar-refractivity contribution in [2.75, 3.05) is 20.2 Å². The molecule has 0 bridgehead atoms. The van der Waals surface area contributed by atoms with Crippen molar-refractivity contribution in [1.29, 1.82) is 0 Å². The third-order valence-corrected chi connectivity index (χ3v) is 5.93. The molecule has 1 aliphatic heterocycles. The molecule has 0 saturated carbocycles. The highest BCUT2D eigenvalue weighted by atomic mass is 35.5. The molecule has 1 saturated heterocycles. The summed E-state index contributed by atoms with van der Waals surface area (Å²) in [6.45, 7) is 8.42. The maximum atomic E-state index is 12.7. The smallest absolute Gasteiger partial charge is 0.283 e. The number of nitrogens with zero attached hydrogens (tertiary/aromatic N) is 2. The number of methoxy groups -OCH3 is 1. The SMILES string of the molecule is CCCCN1CC(C)(CC)SC1=NC(=O)c1cc(Cl)ccc1OC. The molecule has 1 aliphatic rings. The van der Waals surface area contributed by atoms with Crippen molar-refractivity contribution >= 4 is 34.4 Å². The molecule has 1 aromatic carbocycles. The first-order chi connectivity index (χ1) is 11.4. The Bertz CT molecular complexity index is 635. The van der Waals surface area contributed by atoms with Crippen LogP contribution >= 0.6 is 23.4 Å². The Morgan fingerprint density at radius 3 is 2.83 bits per heavy atom. The van der Waals surface area contributed by atoms with Crippen molar-refractivity contribution in [3.63, 3.8) is 0 Å². The third kappa shape index (κ3) is 4.45. The van der Waals surface area contributed by atoms with Crippen molar-refractivity contribution < 1.29 is 9.53 Å². The van der Waals surface area contributed by atoms with Gasteiger partial charge in [0.2, 0.25) is 0 Å². The van der Waals surface area contributed by atoms with E-state index in [2.05, 4.69) is 30.7 Å². The van der Waals surface area contributed by atoms with Crippen molar-refractivity contribution in [2.24, 2.45) is 4.99 Å². The largest absolute Gasteiger partial charge is 0.496 e. The standard InChI is InChI=1S/C18H25ClN2O2S/c1-5-7-10-21-12-18(3,6-2)24-17(21)20-16(22)14-11-13(19)8-9-15(14)23-4/h8-9,11H,5-7,10,12H2,1-4H3. The number of ether oxygens (including phenoxy) is 1. The van der Waals surface area contributed by atoms with Crippen LogP contribution < -0.4 is 4.74 Å². The molecule has 1 aromatic rings. The van der Waals surface area contributed by atoms with Crippen LogP contribution in [0.4, 0.5) is 0 Å². The van der Waals surface area contributed by atoms with Crippen molar-refractivity contribution in [1.82, 2.24) is 4.90 Å². The van der Waals surface area contributed by atoms with Gasteiger partial charge < -0.3 is 9.64 Å². The maximum absolute atomic E-state index is 12.7. The average molecular weight is 369 g/mol. The average Bonchev–Trinajstić information content (AvgIpc) is 2.89. The zero-order valence-electron chi connectivity index (χ0n) is 14.8. The number of halogens is 1. The van der Waals surface area contributed by atoms with Crippen LogP contribution in [-0.2, 0) is 0 Å². The second kappa shape index (κ2) is 8.26. The molecule has 1 fully saturated rings. The summed E-state index contributed by atoms with van der Waals surface area (Å²) in [5.41, 5.74) is 0.402. The Balaban J connectivity index is 2.30. The van der Waals surface area contributed by atoms with Crippen LogP contribution in [0.1, 0.15) is 50.4 Å². The summed E-state index contributed by atoms with van der Waals surface area (Å²) in [5, 5.41) is 1.31. The van der Waals surface area contributed by atoms with Gasteiger partial charge in [-0.3, -0.25) is 4.79 Å². The van der Waals surface area contributed by atoms with E-state index >= 15 is 0 Å². The first-order valence-corrected chi connectivity index (χ1v) is 9.52. The van der Waals surface area contributed by atoms with E-state index in [0.29, 0.717) is 16.3 Å². The number of rotatable bonds is 6. The van der Waals surface area contributed by atoms with Gasteiger partial charge in [0.25, 0.3) is 5.91 Å². The van der Waals surface area contributed by atoms with Gasteiger partial charge in [-0.1, -0.05) is 43.6 Å². The highest BCUT2D eigenvalue weighted by molar-refractivity contribution is 8.15. The lowest BCUT2D eigenvalue weighted by molar-refractivity contribution is 0.0999. The van der Waals surface area contributed by atoms with Gasteiger partial charge in [-0.15, -0.1) is 0 Å². The maximum Gasteiger partial charge on any atom is 0.283 e. The summed E-state index contributed by atoms with van der Waals surface area (Å²) in [6.07, 6.45) is 3.25. The number of unbranched alkanes of at least 4 members (excludes halogenated alkanes) is 1. The lowest BCUT2D eigenvalue weighted by Crippen LogP contribution is -2.31. The summed E-state index contributed by atoms with van der Waals surface area (Å²) >= 11 is 7.72. The van der Waals surface area contributed by atoms with Gasteiger partial charge in [0.05, 0.1) is 12.7 Å². The first kappa shape index (κ1) is 19.1. The molecule has 0 aliphatic carbocycles. The monoisotopic (exact) mass is 368 g/mol. The number of amides is 1. The van der Waals surface area contributed by atoms with Gasteiger partial charge in [0.15, 0.2) is 5.17 Å². The fourth-order valence-electron chi connectivity index (χ4n) is 2.58. The molecular weight excluding hydrogens is 344 g/mol. The Labute approximate surface area is 153 Å². The normalized spacial score (nSPS) is 22.2. The Morgan fingerprint density at radius 2 is 2.21 bits per heavy atom. The molecule has 0 aromatic heterocycles. The Morgan fingerprint density at radius 1 is 1.46 bits per heavy atom. The van der Waals surface area contributed by atoms with Gasteiger partial charge >= 0.3 is 0 Å². The molecule has 0 N–H and O–H groups in total. The van der Waals surface area contributed by atoms with E-state index in [9.17, 15) is 4.79 Å². The van der Waals surface area contributed by atoms with Gasteiger partial charge in [-0.2, -0.15) is 4.99 Å². The van der Waals surface area contributed by atoms with Crippen molar-refractivity contribution in [3.05, 3.63) is 28.8 Å². The van der Waals surface area contributed by atoms with Crippen LogP contribution in [0.2, 0.25) is 5.02 Å². The fraction of sp³-hybridized carbons (Fsp3) is 0.556. The molecule has 1 heterocycles. The number of thioether (sulfide) groups is 1. The van der Waals surface area contributed by atoms with Gasteiger partial charge in [0.1, 0.15) is 5.75 Å². The van der Waals surface area contributed by atoms with E-state index in [1.165, 1.54) is 0 Å². The van der Waals surface area contributed by atoms with Crippen LogP contribution in [0.25, 0.3) is 0 Å². The first-order valence-electron chi connectivity index (χ1n) is 8.33. The number of amidine groups is 1. The number of carbonyl (C=O) groups excluding carboxylic acids is 1. The van der Waals surface area contributed by atoms with Crippen molar-refractivity contribution in [3.8, 4) is 5.75 Å². The second-order valence-corrected chi connectivity index (χ2v) is 8.22. The molecule has 1 unspecified atom stereocenters. The summed E-state index contributed by atoms with van der Waals surface area (Å²) in [6, 6.07) is 5.01. The zero-order valence-corrected chi connectivity index (χ0v) is 16.3. The van der Waals surface area contributed by atoms with E-state index in [-0.39, 0.29) is 10.7 Å². The molecule has 1 atom stereocenters. The van der Waals surface area contributed by atoms with Gasteiger partial charge in [-0.05, 0) is 38.0 Å². The van der Waals surface area contributed by atoms with Crippen LogP contribution in [0.15, 0.2) is 23.2 Å². The fourth-order valence-corrected chi connectivity index (χ4v) is 3.98. The van der Waals surface area contributed by atoms with Crippen LogP contribution in [0.5, 0.6) is 5.75 Å². The molecule has 132 valence electrons. The molecule has 0 radical (unpaired) electrons. The van der Waals surface area contributed by atoms with E-state index in [1.54, 1.807) is 37.1 Å². The third-order valence-electron chi connectivity index (χ3n) is 4.25. The Kier molecular flexibility index (Phi) is 6.58. The minimum absolute atomic E-state index is 0.102. The summed E-state index contributed by atoms with van der Waals surface area (Å²) in [7, 11) is 1.54. The molecule has 24 heavy (non-hydrogen) atoms. The zero-order chi connectivity index (χ0) is 17.7. The van der Waals surface area contributed by atoms with Crippen LogP contribution in [0, 0.1) is 0 Å². The predicted octanol–water partition coefficient (Wildman–Crippen LogP) is 4.86. The Hall–Kier alpha value is -1.20. The second-order valence-electron chi connectivity index (χ2n) is 6.22. The molecule has 4 nitrogen and oxygen atoms in total. The van der Waals surface area contributed by atoms with Gasteiger partial charge in [-0.25, -0.2) is 0 Å². The van der Waals surface area contributed by atoms with E-state index in [1.807, 2.05) is 0 Å². The minimum atomic E-state index is -0.307. The number of benzene rings is 1. The highest BCUT2D eigenvalue weighted by Crippen LogP contribution is 2.39. The summed E-state index contributed by atoms with van der Waals surface area (Å²) < 4.78 is 5.37.